The molecule has 0 unspecified atom stereocenters. The lowest BCUT2D eigenvalue weighted by atomic mass is 10.1. The molecule has 0 bridgehead atoms. The number of carbonyl (C=O) groups is 1. The van der Waals surface area contributed by atoms with E-state index in [-0.39, 0.29) is 0 Å². The van der Waals surface area contributed by atoms with Crippen molar-refractivity contribution >= 4 is 22.2 Å². The molecule has 16 heavy (non-hydrogen) atoms. The van der Waals surface area contributed by atoms with Crippen LogP contribution in [0.25, 0.3) is 11.4 Å². The van der Waals surface area contributed by atoms with Crippen LogP contribution in [0.3, 0.4) is 0 Å². The van der Waals surface area contributed by atoms with Crippen LogP contribution in [-0.2, 0) is 0 Å². The topological polar surface area (TPSA) is 68.6 Å². The SMILES string of the molecule is Cc1nnc(-c2ccc(Br)cc2C=O)nn1. The molecule has 1 heterocycles. The number of aldehydes is 1. The van der Waals surface area contributed by atoms with Gasteiger partial charge in [0.1, 0.15) is 0 Å². The van der Waals surface area contributed by atoms with E-state index in [0.29, 0.717) is 22.8 Å². The summed E-state index contributed by atoms with van der Waals surface area (Å²) >= 11 is 3.29. The minimum absolute atomic E-state index is 0.347. The Hall–Kier alpha value is -1.69. The molecule has 0 spiro atoms. The molecule has 5 nitrogen and oxygen atoms in total. The molecule has 1 aromatic heterocycles. The second-order valence-electron chi connectivity index (χ2n) is 3.12. The summed E-state index contributed by atoms with van der Waals surface area (Å²) in [6, 6.07) is 5.26. The molecule has 0 aliphatic rings. The van der Waals surface area contributed by atoms with Crippen LogP contribution >= 0.6 is 15.9 Å². The molecule has 0 fully saturated rings. The van der Waals surface area contributed by atoms with Crippen molar-refractivity contribution < 1.29 is 4.79 Å². The monoisotopic (exact) mass is 278 g/mol. The maximum atomic E-state index is 10.9. The van der Waals surface area contributed by atoms with Crippen molar-refractivity contribution in [1.82, 2.24) is 20.4 Å². The van der Waals surface area contributed by atoms with E-state index in [0.717, 1.165) is 10.8 Å². The Morgan fingerprint density at radius 2 is 1.88 bits per heavy atom. The molecule has 6 heteroatoms. The molecule has 2 rings (SSSR count). The smallest absolute Gasteiger partial charge is 0.204 e. The van der Waals surface area contributed by atoms with Crippen molar-refractivity contribution in [2.45, 2.75) is 6.92 Å². The van der Waals surface area contributed by atoms with E-state index in [9.17, 15) is 4.79 Å². The standard InChI is InChI=1S/C10H7BrN4O/c1-6-12-14-10(15-13-6)9-3-2-8(11)4-7(9)5-16/h2-5H,1H3. The third kappa shape index (κ3) is 2.11. The highest BCUT2D eigenvalue weighted by Crippen LogP contribution is 2.21. The Kier molecular flexibility index (Phi) is 3.00. The quantitative estimate of drug-likeness (QED) is 0.784. The van der Waals surface area contributed by atoms with Crippen molar-refractivity contribution in [3.05, 3.63) is 34.1 Å². The van der Waals surface area contributed by atoms with Gasteiger partial charge < -0.3 is 0 Å². The van der Waals surface area contributed by atoms with E-state index in [2.05, 4.69) is 36.3 Å². The van der Waals surface area contributed by atoms with Crippen LogP contribution in [0.4, 0.5) is 0 Å². The van der Waals surface area contributed by atoms with Crippen molar-refractivity contribution in [2.75, 3.05) is 0 Å². The predicted molar refractivity (Wildman–Crippen MR) is 60.9 cm³/mol. The molecule has 0 N–H and O–H groups in total. The van der Waals surface area contributed by atoms with Crippen molar-refractivity contribution in [3.63, 3.8) is 0 Å². The first-order chi connectivity index (χ1) is 7.70. The fourth-order valence-electron chi connectivity index (χ4n) is 1.22. The first-order valence-electron chi connectivity index (χ1n) is 4.50. The summed E-state index contributed by atoms with van der Waals surface area (Å²) in [6.45, 7) is 1.70. The lowest BCUT2D eigenvalue weighted by molar-refractivity contribution is 0.112. The summed E-state index contributed by atoms with van der Waals surface area (Å²) in [5.41, 5.74) is 1.13. The first-order valence-corrected chi connectivity index (χ1v) is 5.29. The van der Waals surface area contributed by atoms with Gasteiger partial charge in [-0.25, -0.2) is 0 Å². The summed E-state index contributed by atoms with van der Waals surface area (Å²) < 4.78 is 0.825. The molecule has 1 aromatic carbocycles. The maximum absolute atomic E-state index is 10.9. The number of halogens is 1. The van der Waals surface area contributed by atoms with Gasteiger partial charge in [0.15, 0.2) is 12.1 Å². The highest BCUT2D eigenvalue weighted by Gasteiger charge is 2.08. The molecule has 0 saturated heterocycles. The zero-order valence-electron chi connectivity index (χ0n) is 8.38. The predicted octanol–water partition coefficient (Wildman–Crippen LogP) is 1.82. The van der Waals surface area contributed by atoms with Crippen LogP contribution in [-0.4, -0.2) is 26.7 Å². The molecular formula is C10H7BrN4O. The van der Waals surface area contributed by atoms with Gasteiger partial charge in [0.05, 0.1) is 0 Å². The number of rotatable bonds is 2. The zero-order chi connectivity index (χ0) is 11.5. The molecule has 0 aliphatic heterocycles. The number of aryl methyl sites for hydroxylation is 1. The normalized spacial score (nSPS) is 10.1. The molecule has 0 saturated carbocycles. The van der Waals surface area contributed by atoms with E-state index in [1.54, 1.807) is 19.1 Å². The van der Waals surface area contributed by atoms with E-state index >= 15 is 0 Å². The summed E-state index contributed by atoms with van der Waals surface area (Å²) in [7, 11) is 0. The van der Waals surface area contributed by atoms with Gasteiger partial charge in [-0.15, -0.1) is 20.4 Å². The first kappa shape index (κ1) is 10.8. The molecule has 0 amide bonds. The van der Waals surface area contributed by atoms with Crippen LogP contribution in [0.15, 0.2) is 22.7 Å². The van der Waals surface area contributed by atoms with Gasteiger partial charge in [0.25, 0.3) is 0 Å². The molecule has 0 aliphatic carbocycles. The van der Waals surface area contributed by atoms with E-state index < -0.39 is 0 Å². The minimum Gasteiger partial charge on any atom is -0.298 e. The Morgan fingerprint density at radius 1 is 1.19 bits per heavy atom. The van der Waals surface area contributed by atoms with Crippen LogP contribution in [0.1, 0.15) is 16.2 Å². The number of benzene rings is 1. The van der Waals surface area contributed by atoms with Crippen LogP contribution < -0.4 is 0 Å². The van der Waals surface area contributed by atoms with Crippen LogP contribution in [0.5, 0.6) is 0 Å². The summed E-state index contributed by atoms with van der Waals surface area (Å²) in [5, 5.41) is 15.4. The van der Waals surface area contributed by atoms with Gasteiger partial charge in [-0.1, -0.05) is 15.9 Å². The number of nitrogens with zero attached hydrogens (tertiary/aromatic N) is 4. The zero-order valence-corrected chi connectivity index (χ0v) is 9.97. The van der Waals surface area contributed by atoms with E-state index in [4.69, 9.17) is 0 Å². The lowest BCUT2D eigenvalue weighted by Crippen LogP contribution is -2.00. The highest BCUT2D eigenvalue weighted by atomic mass is 79.9. The second-order valence-corrected chi connectivity index (χ2v) is 4.04. The third-order valence-electron chi connectivity index (χ3n) is 1.96. The average molecular weight is 279 g/mol. The third-order valence-corrected chi connectivity index (χ3v) is 2.45. The fourth-order valence-corrected chi connectivity index (χ4v) is 1.60. The lowest BCUT2D eigenvalue weighted by Gasteiger charge is -2.02. The molecule has 2 aromatic rings. The maximum Gasteiger partial charge on any atom is 0.204 e. The Bertz CT molecular complexity index is 527. The van der Waals surface area contributed by atoms with Gasteiger partial charge in [-0.2, -0.15) is 0 Å². The summed E-state index contributed by atoms with van der Waals surface area (Å²) in [4.78, 5) is 10.9. The fraction of sp³-hybridized carbons (Fsp3) is 0.100. The Balaban J connectivity index is 2.55. The number of carbonyl (C=O) groups excluding carboxylic acids is 1. The average Bonchev–Trinajstić information content (AvgIpc) is 2.30. The van der Waals surface area contributed by atoms with Crippen molar-refractivity contribution in [2.24, 2.45) is 0 Å². The van der Waals surface area contributed by atoms with Gasteiger partial charge in [-0.3, -0.25) is 4.79 Å². The Labute approximate surface area is 100 Å². The summed E-state index contributed by atoms with van der Waals surface area (Å²) in [5.74, 6) is 0.841. The van der Waals surface area contributed by atoms with Crippen molar-refractivity contribution in [1.29, 1.82) is 0 Å². The Morgan fingerprint density at radius 3 is 2.50 bits per heavy atom. The van der Waals surface area contributed by atoms with Gasteiger partial charge in [0, 0.05) is 15.6 Å². The minimum atomic E-state index is 0.347. The van der Waals surface area contributed by atoms with Crippen LogP contribution in [0.2, 0.25) is 0 Å². The van der Waals surface area contributed by atoms with Gasteiger partial charge >= 0.3 is 0 Å². The van der Waals surface area contributed by atoms with E-state index in [1.807, 2.05) is 6.07 Å². The molecule has 0 atom stereocenters. The van der Waals surface area contributed by atoms with Gasteiger partial charge in [0.2, 0.25) is 5.82 Å². The summed E-state index contributed by atoms with van der Waals surface area (Å²) in [6.07, 6.45) is 0.753. The molecule has 80 valence electrons. The van der Waals surface area contributed by atoms with Gasteiger partial charge in [-0.05, 0) is 25.1 Å². The number of hydrogen-bond donors (Lipinski definition) is 0. The largest absolute Gasteiger partial charge is 0.298 e. The van der Waals surface area contributed by atoms with Crippen molar-refractivity contribution in [3.8, 4) is 11.4 Å². The van der Waals surface area contributed by atoms with E-state index in [1.165, 1.54) is 0 Å². The highest BCUT2D eigenvalue weighted by molar-refractivity contribution is 9.10. The molecule has 0 radical (unpaired) electrons. The number of aromatic nitrogens is 4. The molecular weight excluding hydrogens is 272 g/mol. The van der Waals surface area contributed by atoms with Crippen LogP contribution in [0, 0.1) is 6.92 Å². The second kappa shape index (κ2) is 4.44. The number of hydrogen-bond acceptors (Lipinski definition) is 5.